The van der Waals surface area contributed by atoms with Crippen LogP contribution in [0.2, 0.25) is 0 Å². The van der Waals surface area contributed by atoms with E-state index in [4.69, 9.17) is 4.74 Å². The van der Waals surface area contributed by atoms with Gasteiger partial charge < -0.3 is 10.1 Å². The zero-order valence-electron chi connectivity index (χ0n) is 13.6. The molecule has 0 spiro atoms. The van der Waals surface area contributed by atoms with Gasteiger partial charge in [-0.3, -0.25) is 4.79 Å². The molecule has 2 rings (SSSR count). The summed E-state index contributed by atoms with van der Waals surface area (Å²) in [5.74, 6) is -0.117. The molecule has 0 unspecified atom stereocenters. The molecule has 0 aliphatic rings. The summed E-state index contributed by atoms with van der Waals surface area (Å²) in [5, 5.41) is 2.64. The van der Waals surface area contributed by atoms with Crippen LogP contribution in [0.25, 0.3) is 0 Å². The third-order valence-corrected chi connectivity index (χ3v) is 3.43. The molecular weight excluding hydrogens is 290 g/mol. The first kappa shape index (κ1) is 16.7. The van der Waals surface area contributed by atoms with Crippen LogP contribution in [0.5, 0.6) is 0 Å². The Balaban J connectivity index is 1.97. The highest BCUT2D eigenvalue weighted by atomic mass is 16.5. The summed E-state index contributed by atoms with van der Waals surface area (Å²) in [6.45, 7) is 5.92. The molecule has 23 heavy (non-hydrogen) atoms. The molecule has 0 radical (unpaired) electrons. The van der Waals surface area contributed by atoms with E-state index in [0.717, 1.165) is 5.56 Å². The number of anilines is 1. The van der Waals surface area contributed by atoms with Gasteiger partial charge in [-0.25, -0.2) is 4.79 Å². The predicted octanol–water partition coefficient (Wildman–Crippen LogP) is 4.13. The number of hydrogen-bond acceptors (Lipinski definition) is 3. The standard InChI is InChI=1S/C19H21NO3/c1-13(2)16-9-7-15(8-10-16)12-23-19(22)17-5-4-6-18(11-17)20-14(3)21/h4-11,13H,12H2,1-3H3,(H,20,21). The second kappa shape index (κ2) is 7.58. The minimum Gasteiger partial charge on any atom is -0.457 e. The quantitative estimate of drug-likeness (QED) is 0.845. The fraction of sp³-hybridized carbons (Fsp3) is 0.263. The SMILES string of the molecule is CC(=O)Nc1cccc(C(=O)OCc2ccc(C(C)C)cc2)c1. The molecular formula is C19H21NO3. The monoisotopic (exact) mass is 311 g/mol. The van der Waals surface area contributed by atoms with Gasteiger partial charge in [0.15, 0.2) is 0 Å². The lowest BCUT2D eigenvalue weighted by molar-refractivity contribution is -0.114. The minimum atomic E-state index is -0.412. The molecule has 0 fully saturated rings. The maximum Gasteiger partial charge on any atom is 0.338 e. The van der Waals surface area contributed by atoms with Crippen LogP contribution in [-0.2, 0) is 16.1 Å². The van der Waals surface area contributed by atoms with Gasteiger partial charge in [0.05, 0.1) is 5.56 Å². The Morgan fingerprint density at radius 2 is 1.78 bits per heavy atom. The van der Waals surface area contributed by atoms with E-state index in [9.17, 15) is 9.59 Å². The van der Waals surface area contributed by atoms with Crippen molar-refractivity contribution < 1.29 is 14.3 Å². The van der Waals surface area contributed by atoms with E-state index in [1.165, 1.54) is 12.5 Å². The van der Waals surface area contributed by atoms with Gasteiger partial charge in [0, 0.05) is 12.6 Å². The molecule has 1 amide bonds. The van der Waals surface area contributed by atoms with Crippen molar-refractivity contribution in [2.75, 3.05) is 5.32 Å². The molecule has 0 aliphatic heterocycles. The first-order chi connectivity index (χ1) is 11.0. The number of nitrogens with one attached hydrogen (secondary N) is 1. The van der Waals surface area contributed by atoms with Gasteiger partial charge in [0.25, 0.3) is 0 Å². The van der Waals surface area contributed by atoms with Crippen molar-refractivity contribution in [1.29, 1.82) is 0 Å². The maximum atomic E-state index is 12.1. The lowest BCUT2D eigenvalue weighted by Crippen LogP contribution is -2.09. The van der Waals surface area contributed by atoms with Crippen molar-refractivity contribution in [3.8, 4) is 0 Å². The van der Waals surface area contributed by atoms with Crippen LogP contribution < -0.4 is 5.32 Å². The van der Waals surface area contributed by atoms with Crippen molar-refractivity contribution in [3.05, 3.63) is 65.2 Å². The number of rotatable bonds is 5. The Bertz CT molecular complexity index is 690. The van der Waals surface area contributed by atoms with Gasteiger partial charge in [0.1, 0.15) is 6.61 Å². The van der Waals surface area contributed by atoms with E-state index in [1.54, 1.807) is 24.3 Å². The van der Waals surface area contributed by atoms with E-state index in [2.05, 4.69) is 19.2 Å². The Morgan fingerprint density at radius 1 is 1.09 bits per heavy atom. The highest BCUT2D eigenvalue weighted by molar-refractivity contribution is 5.93. The van der Waals surface area contributed by atoms with Crippen LogP contribution in [0.4, 0.5) is 5.69 Å². The zero-order valence-corrected chi connectivity index (χ0v) is 13.6. The Labute approximate surface area is 136 Å². The molecule has 0 aromatic heterocycles. The topological polar surface area (TPSA) is 55.4 Å². The lowest BCUT2D eigenvalue weighted by atomic mass is 10.0. The second-order valence-electron chi connectivity index (χ2n) is 5.73. The first-order valence-corrected chi connectivity index (χ1v) is 7.59. The van der Waals surface area contributed by atoms with E-state index < -0.39 is 5.97 Å². The van der Waals surface area contributed by atoms with Crippen molar-refractivity contribution in [2.45, 2.75) is 33.3 Å². The maximum absolute atomic E-state index is 12.1. The average Bonchev–Trinajstić information content (AvgIpc) is 2.52. The number of esters is 1. The summed E-state index contributed by atoms with van der Waals surface area (Å²) < 4.78 is 5.32. The molecule has 120 valence electrons. The number of carbonyl (C=O) groups is 2. The van der Waals surface area contributed by atoms with Crippen LogP contribution in [0.1, 0.15) is 48.2 Å². The molecule has 1 N–H and O–H groups in total. The largest absolute Gasteiger partial charge is 0.457 e. The summed E-state index contributed by atoms with van der Waals surface area (Å²) in [7, 11) is 0. The summed E-state index contributed by atoms with van der Waals surface area (Å²) in [4.78, 5) is 23.1. The third-order valence-electron chi connectivity index (χ3n) is 3.43. The van der Waals surface area contributed by atoms with Crippen molar-refractivity contribution >= 4 is 17.6 Å². The van der Waals surface area contributed by atoms with Gasteiger partial charge in [0.2, 0.25) is 5.91 Å². The summed E-state index contributed by atoms with van der Waals surface area (Å²) >= 11 is 0. The van der Waals surface area contributed by atoms with Gasteiger partial charge in [-0.05, 0) is 35.2 Å². The smallest absolute Gasteiger partial charge is 0.338 e. The summed E-state index contributed by atoms with van der Waals surface area (Å²) in [6.07, 6.45) is 0. The molecule has 0 saturated carbocycles. The fourth-order valence-corrected chi connectivity index (χ4v) is 2.16. The highest BCUT2D eigenvalue weighted by Crippen LogP contribution is 2.16. The van der Waals surface area contributed by atoms with Crippen LogP contribution >= 0.6 is 0 Å². The fourth-order valence-electron chi connectivity index (χ4n) is 2.16. The summed E-state index contributed by atoms with van der Waals surface area (Å²) in [5.41, 5.74) is 3.19. The normalized spacial score (nSPS) is 10.4. The molecule has 0 saturated heterocycles. The van der Waals surface area contributed by atoms with Crippen LogP contribution in [-0.4, -0.2) is 11.9 Å². The van der Waals surface area contributed by atoms with Gasteiger partial charge in [-0.1, -0.05) is 44.2 Å². The molecule has 0 aliphatic carbocycles. The lowest BCUT2D eigenvalue weighted by Gasteiger charge is -2.09. The third kappa shape index (κ3) is 4.95. The van der Waals surface area contributed by atoms with Crippen molar-refractivity contribution in [3.63, 3.8) is 0 Å². The van der Waals surface area contributed by atoms with Crippen LogP contribution in [0, 0.1) is 0 Å². The highest BCUT2D eigenvalue weighted by Gasteiger charge is 2.09. The molecule has 2 aromatic rings. The minimum absolute atomic E-state index is 0.180. The van der Waals surface area contributed by atoms with E-state index >= 15 is 0 Å². The predicted molar refractivity (Wildman–Crippen MR) is 90.4 cm³/mol. The number of carbonyl (C=O) groups excluding carboxylic acids is 2. The zero-order chi connectivity index (χ0) is 16.8. The Morgan fingerprint density at radius 3 is 2.39 bits per heavy atom. The van der Waals surface area contributed by atoms with Crippen molar-refractivity contribution in [2.24, 2.45) is 0 Å². The number of amides is 1. The van der Waals surface area contributed by atoms with E-state index in [0.29, 0.717) is 17.2 Å². The molecule has 2 aromatic carbocycles. The molecule has 0 bridgehead atoms. The van der Waals surface area contributed by atoms with Crippen LogP contribution in [0.15, 0.2) is 48.5 Å². The Kier molecular flexibility index (Phi) is 5.52. The molecule has 0 atom stereocenters. The molecule has 4 heteroatoms. The van der Waals surface area contributed by atoms with Gasteiger partial charge >= 0.3 is 5.97 Å². The van der Waals surface area contributed by atoms with Gasteiger partial charge in [-0.2, -0.15) is 0 Å². The molecule has 0 heterocycles. The number of hydrogen-bond donors (Lipinski definition) is 1. The van der Waals surface area contributed by atoms with Gasteiger partial charge in [-0.15, -0.1) is 0 Å². The summed E-state index contributed by atoms with van der Waals surface area (Å²) in [6, 6.07) is 14.7. The Hall–Kier alpha value is -2.62. The average molecular weight is 311 g/mol. The van der Waals surface area contributed by atoms with E-state index in [1.807, 2.05) is 24.3 Å². The number of ether oxygens (including phenoxy) is 1. The molecule has 4 nitrogen and oxygen atoms in total. The van der Waals surface area contributed by atoms with Crippen LogP contribution in [0.3, 0.4) is 0 Å². The first-order valence-electron chi connectivity index (χ1n) is 7.59. The van der Waals surface area contributed by atoms with E-state index in [-0.39, 0.29) is 12.5 Å². The second-order valence-corrected chi connectivity index (χ2v) is 5.73. The number of benzene rings is 2. The van der Waals surface area contributed by atoms with Crippen molar-refractivity contribution in [1.82, 2.24) is 0 Å².